The Balaban J connectivity index is 1.18. The zero-order chi connectivity index (χ0) is 34.9. The monoisotopic (exact) mass is 669 g/mol. The van der Waals surface area contributed by atoms with Gasteiger partial charge in [0.05, 0.1) is 26.4 Å². The molecule has 2 bridgehead atoms. The number of nitrogens with one attached hydrogen (secondary N) is 2. The largest absolute Gasteiger partial charge is 0.496 e. The summed E-state index contributed by atoms with van der Waals surface area (Å²) in [5.74, 6) is 1.19. The summed E-state index contributed by atoms with van der Waals surface area (Å²) in [6.45, 7) is 8.98. The zero-order valence-corrected chi connectivity index (χ0v) is 29.3. The van der Waals surface area contributed by atoms with Crippen LogP contribution in [0.4, 0.5) is 0 Å². The van der Waals surface area contributed by atoms with Gasteiger partial charge in [0.2, 0.25) is 5.91 Å². The number of nitrogens with zero attached hydrogens (tertiary/aromatic N) is 1. The van der Waals surface area contributed by atoms with Crippen LogP contribution in [0.2, 0.25) is 0 Å². The van der Waals surface area contributed by atoms with Gasteiger partial charge < -0.3 is 25.6 Å². The number of aliphatic hydroxyl groups excluding tert-OH is 2. The molecule has 4 aliphatic rings. The van der Waals surface area contributed by atoms with Crippen LogP contribution >= 0.6 is 0 Å². The number of hydrogen-bond acceptors (Lipinski definition) is 7. The van der Waals surface area contributed by atoms with E-state index < -0.39 is 24.2 Å². The van der Waals surface area contributed by atoms with E-state index in [-0.39, 0.29) is 31.0 Å². The Morgan fingerprint density at radius 3 is 2.41 bits per heavy atom. The van der Waals surface area contributed by atoms with E-state index in [0.717, 1.165) is 29.5 Å². The van der Waals surface area contributed by atoms with Gasteiger partial charge >= 0.3 is 0 Å². The van der Waals surface area contributed by atoms with E-state index in [1.165, 1.54) is 12.0 Å². The van der Waals surface area contributed by atoms with Crippen molar-refractivity contribution in [1.29, 1.82) is 0 Å². The second-order valence-electron chi connectivity index (χ2n) is 14.8. The lowest BCUT2D eigenvalue weighted by Gasteiger charge is -2.62. The first-order valence-electron chi connectivity index (χ1n) is 17.6. The second-order valence-corrected chi connectivity index (χ2v) is 14.8. The fourth-order valence-corrected chi connectivity index (χ4v) is 8.70. The number of benzene rings is 3. The average Bonchev–Trinajstić information content (AvgIpc) is 3.48. The summed E-state index contributed by atoms with van der Waals surface area (Å²) in [6, 6.07) is 22.5. The lowest BCUT2D eigenvalue weighted by Crippen LogP contribution is -2.62. The Morgan fingerprint density at radius 2 is 1.78 bits per heavy atom. The Bertz CT molecular complexity index is 1610. The molecule has 0 unspecified atom stereocenters. The maximum absolute atomic E-state index is 14.1. The molecule has 7 rings (SSSR count). The van der Waals surface area contributed by atoms with Crippen molar-refractivity contribution in [2.24, 2.45) is 29.1 Å². The van der Waals surface area contributed by atoms with Gasteiger partial charge in [-0.05, 0) is 72.6 Å². The van der Waals surface area contributed by atoms with Crippen molar-refractivity contribution < 1.29 is 29.4 Å². The summed E-state index contributed by atoms with van der Waals surface area (Å²) >= 11 is 0. The van der Waals surface area contributed by atoms with Crippen LogP contribution in [-0.2, 0) is 22.6 Å². The third-order valence-electron chi connectivity index (χ3n) is 11.7. The SMILES string of the molecule is COc1c(CN2O[C@@H](CO)[C@@H]([C@H](C)O)[C@H]2C(=O)N[C@H]2C[C@H]3C[C@H]([C@@H]2C)C3(C)C)cccc1-c1ccc(C(=O)NCCc2ccccc2)cc1. The standard InChI is InChI=1S/C40H51N3O6/c1-24-32-20-30(40(32,3)4)21-33(24)42-39(47)36-35(25(2)45)34(23-44)49-43(36)22-29-12-9-13-31(37(29)48-5)27-14-16-28(17-15-27)38(46)41-19-18-26-10-7-6-8-11-26/h6-17,24-25,30,32-36,44-45H,18-23H2,1-5H3,(H,41,46)(H,42,47)/t24-,25-,30+,32+,33-,34-,35+,36-/m0/s1. The number of carbonyl (C=O) groups is 2. The highest BCUT2D eigenvalue weighted by molar-refractivity contribution is 5.94. The van der Waals surface area contributed by atoms with Gasteiger partial charge in [0, 0.05) is 35.2 Å². The highest BCUT2D eigenvalue weighted by Crippen LogP contribution is 2.61. The summed E-state index contributed by atoms with van der Waals surface area (Å²) in [5, 5.41) is 29.0. The summed E-state index contributed by atoms with van der Waals surface area (Å²) < 4.78 is 5.95. The van der Waals surface area contributed by atoms with Crippen molar-refractivity contribution in [2.75, 3.05) is 20.3 Å². The van der Waals surface area contributed by atoms with Crippen LogP contribution in [0.1, 0.15) is 62.0 Å². The molecule has 3 aliphatic carbocycles. The Labute approximate surface area is 290 Å². The molecule has 0 spiro atoms. The fraction of sp³-hybridized carbons (Fsp3) is 0.500. The summed E-state index contributed by atoms with van der Waals surface area (Å²) in [7, 11) is 1.61. The molecule has 262 valence electrons. The minimum Gasteiger partial charge on any atom is -0.496 e. The van der Waals surface area contributed by atoms with Crippen LogP contribution in [-0.4, -0.2) is 71.6 Å². The number of hydrogen-bond donors (Lipinski definition) is 4. The average molecular weight is 670 g/mol. The third-order valence-corrected chi connectivity index (χ3v) is 11.7. The molecule has 3 saturated carbocycles. The molecule has 9 nitrogen and oxygen atoms in total. The molecule has 8 atom stereocenters. The molecule has 1 aliphatic heterocycles. The molecule has 3 aromatic rings. The van der Waals surface area contributed by atoms with E-state index >= 15 is 0 Å². The van der Waals surface area contributed by atoms with Crippen molar-refractivity contribution in [3.63, 3.8) is 0 Å². The van der Waals surface area contributed by atoms with E-state index in [4.69, 9.17) is 9.57 Å². The smallest absolute Gasteiger partial charge is 0.251 e. The van der Waals surface area contributed by atoms with Crippen molar-refractivity contribution >= 4 is 11.8 Å². The molecule has 0 aromatic heterocycles. The molecule has 49 heavy (non-hydrogen) atoms. The van der Waals surface area contributed by atoms with Crippen LogP contribution in [0, 0.1) is 29.1 Å². The van der Waals surface area contributed by atoms with E-state index in [2.05, 4.69) is 31.4 Å². The van der Waals surface area contributed by atoms with E-state index in [1.54, 1.807) is 31.2 Å². The van der Waals surface area contributed by atoms with Gasteiger partial charge in [0.25, 0.3) is 5.91 Å². The van der Waals surface area contributed by atoms with Crippen LogP contribution in [0.25, 0.3) is 11.1 Å². The van der Waals surface area contributed by atoms with Crippen molar-refractivity contribution in [3.8, 4) is 16.9 Å². The number of rotatable bonds is 12. The number of methoxy groups -OCH3 is 1. The number of aliphatic hydroxyl groups is 2. The molecule has 9 heteroatoms. The number of amides is 2. The van der Waals surface area contributed by atoms with Gasteiger partial charge in [-0.25, -0.2) is 0 Å². The fourth-order valence-electron chi connectivity index (χ4n) is 8.70. The second kappa shape index (κ2) is 14.6. The van der Waals surface area contributed by atoms with Gasteiger partial charge in [-0.3, -0.25) is 14.4 Å². The lowest BCUT2D eigenvalue weighted by molar-refractivity contribution is -0.183. The van der Waals surface area contributed by atoms with Gasteiger partial charge in [-0.15, -0.1) is 0 Å². The first-order chi connectivity index (χ1) is 23.5. The number of hydroxylamine groups is 2. The zero-order valence-electron chi connectivity index (χ0n) is 29.3. The van der Waals surface area contributed by atoms with E-state index in [0.29, 0.717) is 41.0 Å². The summed E-state index contributed by atoms with van der Waals surface area (Å²) in [6.07, 6.45) is 1.30. The number of carbonyl (C=O) groups excluding carboxylic acids is 2. The van der Waals surface area contributed by atoms with E-state index in [1.807, 2.05) is 60.7 Å². The highest BCUT2D eigenvalue weighted by Gasteiger charge is 2.57. The first kappa shape index (κ1) is 35.1. The molecular formula is C40H51N3O6. The highest BCUT2D eigenvalue weighted by atomic mass is 16.7. The first-order valence-corrected chi connectivity index (χ1v) is 17.6. The Hall–Kier alpha value is -3.76. The van der Waals surface area contributed by atoms with E-state index in [9.17, 15) is 19.8 Å². The van der Waals surface area contributed by atoms with Gasteiger partial charge in [0.15, 0.2) is 0 Å². The Kier molecular flexibility index (Phi) is 10.5. The molecular weight excluding hydrogens is 618 g/mol. The number of para-hydroxylation sites is 1. The third kappa shape index (κ3) is 6.99. The van der Waals surface area contributed by atoms with Crippen molar-refractivity contribution in [1.82, 2.24) is 15.7 Å². The number of fused-ring (bicyclic) bond motifs is 2. The lowest BCUT2D eigenvalue weighted by atomic mass is 9.45. The summed E-state index contributed by atoms with van der Waals surface area (Å²) in [4.78, 5) is 33.1. The molecule has 1 saturated heterocycles. The van der Waals surface area contributed by atoms with Crippen LogP contribution in [0.3, 0.4) is 0 Å². The molecule has 2 amide bonds. The van der Waals surface area contributed by atoms with Crippen molar-refractivity contribution in [2.45, 2.75) is 77.8 Å². The van der Waals surface area contributed by atoms with Gasteiger partial charge in [-0.2, -0.15) is 5.06 Å². The quantitative estimate of drug-likeness (QED) is 0.215. The number of ether oxygens (including phenoxy) is 1. The molecule has 0 radical (unpaired) electrons. The van der Waals surface area contributed by atoms with Gasteiger partial charge in [0.1, 0.15) is 17.9 Å². The van der Waals surface area contributed by atoms with Crippen LogP contribution < -0.4 is 15.4 Å². The van der Waals surface area contributed by atoms with Crippen molar-refractivity contribution in [3.05, 3.63) is 89.5 Å². The topological polar surface area (TPSA) is 120 Å². The predicted molar refractivity (Wildman–Crippen MR) is 188 cm³/mol. The molecule has 1 heterocycles. The molecule has 3 aromatic carbocycles. The van der Waals surface area contributed by atoms with Crippen LogP contribution in [0.5, 0.6) is 5.75 Å². The maximum atomic E-state index is 14.1. The minimum absolute atomic E-state index is 0.0562. The molecule has 4 fully saturated rings. The summed E-state index contributed by atoms with van der Waals surface area (Å²) in [5.41, 5.74) is 4.53. The van der Waals surface area contributed by atoms with Gasteiger partial charge in [-0.1, -0.05) is 81.4 Å². The Morgan fingerprint density at radius 1 is 1.04 bits per heavy atom. The molecule has 4 N–H and O–H groups in total. The predicted octanol–water partition coefficient (Wildman–Crippen LogP) is 5.00. The maximum Gasteiger partial charge on any atom is 0.251 e. The minimum atomic E-state index is -0.878. The normalized spacial score (nSPS) is 27.9. The van der Waals surface area contributed by atoms with Crippen LogP contribution in [0.15, 0.2) is 72.8 Å².